The Morgan fingerprint density at radius 2 is 2.12 bits per heavy atom. The van der Waals surface area contributed by atoms with Crippen molar-refractivity contribution in [2.75, 3.05) is 45.9 Å². The van der Waals surface area contributed by atoms with E-state index >= 15 is 0 Å². The second-order valence-electron chi connectivity index (χ2n) is 6.95. The number of hydrogen-bond acceptors (Lipinski definition) is 4. The molecule has 2 saturated heterocycles. The van der Waals surface area contributed by atoms with Crippen molar-refractivity contribution in [3.63, 3.8) is 0 Å². The molecule has 1 aromatic carbocycles. The molecule has 3 rings (SSSR count). The summed E-state index contributed by atoms with van der Waals surface area (Å²) in [5, 5.41) is 3.05. The maximum atomic E-state index is 12.3. The molecule has 2 fully saturated rings. The molecule has 132 valence electrons. The number of carbonyl (C=O) groups excluding carboxylic acids is 1. The number of piperidine rings is 1. The van der Waals surface area contributed by atoms with E-state index < -0.39 is 0 Å². The van der Waals surface area contributed by atoms with Gasteiger partial charge in [0.05, 0.1) is 19.8 Å². The fourth-order valence-corrected chi connectivity index (χ4v) is 3.70. The van der Waals surface area contributed by atoms with Crippen molar-refractivity contribution < 1.29 is 9.53 Å². The van der Waals surface area contributed by atoms with Crippen molar-refractivity contribution in [2.24, 2.45) is 0 Å². The molecule has 1 aromatic rings. The Morgan fingerprint density at radius 3 is 2.92 bits per heavy atom. The lowest BCUT2D eigenvalue weighted by molar-refractivity contribution is -0.123. The fraction of sp³-hybridized carbons (Fsp3) is 0.632. The molecule has 2 aliphatic heterocycles. The first-order valence-electron chi connectivity index (χ1n) is 9.07. The van der Waals surface area contributed by atoms with Crippen LogP contribution in [0.1, 0.15) is 24.0 Å². The quantitative estimate of drug-likeness (QED) is 0.886. The van der Waals surface area contributed by atoms with Gasteiger partial charge in [-0.3, -0.25) is 14.6 Å². The zero-order valence-corrected chi connectivity index (χ0v) is 14.7. The molecule has 0 saturated carbocycles. The van der Waals surface area contributed by atoms with Crippen LogP contribution in [-0.2, 0) is 16.1 Å². The van der Waals surface area contributed by atoms with Gasteiger partial charge < -0.3 is 10.1 Å². The third kappa shape index (κ3) is 5.03. The molecule has 1 N–H and O–H groups in total. The van der Waals surface area contributed by atoms with Crippen LogP contribution in [0.25, 0.3) is 0 Å². The predicted molar refractivity (Wildman–Crippen MR) is 94.9 cm³/mol. The van der Waals surface area contributed by atoms with E-state index in [1.165, 1.54) is 18.4 Å². The van der Waals surface area contributed by atoms with Crippen LogP contribution in [0.4, 0.5) is 0 Å². The minimum atomic E-state index is 0.124. The van der Waals surface area contributed by atoms with Crippen LogP contribution in [0.5, 0.6) is 0 Å². The lowest BCUT2D eigenvalue weighted by Crippen LogP contribution is -2.53. The summed E-state index contributed by atoms with van der Waals surface area (Å²) in [5.41, 5.74) is 2.39. The van der Waals surface area contributed by atoms with Gasteiger partial charge in [-0.1, -0.05) is 29.8 Å². The zero-order valence-electron chi connectivity index (χ0n) is 14.7. The van der Waals surface area contributed by atoms with Gasteiger partial charge in [-0.25, -0.2) is 0 Å². The van der Waals surface area contributed by atoms with Crippen molar-refractivity contribution in [3.05, 3.63) is 35.4 Å². The van der Waals surface area contributed by atoms with Crippen LogP contribution in [0.15, 0.2) is 24.3 Å². The maximum absolute atomic E-state index is 12.3. The van der Waals surface area contributed by atoms with Gasteiger partial charge >= 0.3 is 0 Å². The minimum Gasteiger partial charge on any atom is -0.379 e. The van der Waals surface area contributed by atoms with Gasteiger partial charge in [-0.2, -0.15) is 0 Å². The second-order valence-corrected chi connectivity index (χ2v) is 6.95. The lowest BCUT2D eigenvalue weighted by Gasteiger charge is -2.40. The SMILES string of the molecule is Cc1cccc(CNC(=O)CN2CCC[C@@H](N3CCOCC3)C2)c1. The number of ether oxygens (including phenoxy) is 1. The van der Waals surface area contributed by atoms with Crippen LogP contribution < -0.4 is 5.32 Å². The molecule has 1 atom stereocenters. The number of nitrogens with zero attached hydrogens (tertiary/aromatic N) is 2. The second kappa shape index (κ2) is 8.60. The number of amides is 1. The number of rotatable bonds is 5. The number of hydrogen-bond donors (Lipinski definition) is 1. The van der Waals surface area contributed by atoms with Crippen molar-refractivity contribution in [1.82, 2.24) is 15.1 Å². The monoisotopic (exact) mass is 331 g/mol. The van der Waals surface area contributed by atoms with Crippen LogP contribution >= 0.6 is 0 Å². The minimum absolute atomic E-state index is 0.124. The van der Waals surface area contributed by atoms with Gasteiger partial charge in [0.2, 0.25) is 5.91 Å². The molecule has 0 aliphatic carbocycles. The lowest BCUT2D eigenvalue weighted by atomic mass is 10.0. The van der Waals surface area contributed by atoms with Gasteiger partial charge in [-0.05, 0) is 31.9 Å². The molecule has 0 bridgehead atoms. The van der Waals surface area contributed by atoms with E-state index in [-0.39, 0.29) is 5.91 Å². The Kier molecular flexibility index (Phi) is 6.24. The van der Waals surface area contributed by atoms with Crippen LogP contribution in [0.3, 0.4) is 0 Å². The van der Waals surface area contributed by atoms with Gasteiger partial charge in [0.25, 0.3) is 0 Å². The average molecular weight is 331 g/mol. The highest BCUT2D eigenvalue weighted by atomic mass is 16.5. The Bertz CT molecular complexity index is 543. The first kappa shape index (κ1) is 17.4. The van der Waals surface area contributed by atoms with E-state index in [1.807, 2.05) is 6.07 Å². The van der Waals surface area contributed by atoms with Gasteiger partial charge in [-0.15, -0.1) is 0 Å². The summed E-state index contributed by atoms with van der Waals surface area (Å²) in [6, 6.07) is 8.87. The molecule has 24 heavy (non-hydrogen) atoms. The van der Waals surface area contributed by atoms with Crippen LogP contribution in [0.2, 0.25) is 0 Å². The van der Waals surface area contributed by atoms with Crippen LogP contribution in [0, 0.1) is 6.92 Å². The van der Waals surface area contributed by atoms with Crippen molar-refractivity contribution in [3.8, 4) is 0 Å². The normalized spacial score (nSPS) is 23.1. The number of benzene rings is 1. The zero-order chi connectivity index (χ0) is 16.8. The summed E-state index contributed by atoms with van der Waals surface area (Å²) in [6.45, 7) is 8.95. The largest absolute Gasteiger partial charge is 0.379 e. The molecular weight excluding hydrogens is 302 g/mol. The molecule has 0 radical (unpaired) electrons. The van der Waals surface area contributed by atoms with E-state index in [0.717, 1.165) is 45.0 Å². The molecule has 5 nitrogen and oxygen atoms in total. The summed E-state index contributed by atoms with van der Waals surface area (Å²) in [5.74, 6) is 0.124. The Balaban J connectivity index is 1.43. The Labute approximate surface area is 145 Å². The number of morpholine rings is 1. The smallest absolute Gasteiger partial charge is 0.234 e. The molecule has 0 unspecified atom stereocenters. The van der Waals surface area contributed by atoms with E-state index in [1.54, 1.807) is 0 Å². The van der Waals surface area contributed by atoms with E-state index in [2.05, 4.69) is 40.2 Å². The van der Waals surface area contributed by atoms with Crippen molar-refractivity contribution >= 4 is 5.91 Å². The van der Waals surface area contributed by atoms with Crippen molar-refractivity contribution in [1.29, 1.82) is 0 Å². The molecule has 1 amide bonds. The third-order valence-electron chi connectivity index (χ3n) is 4.98. The summed E-state index contributed by atoms with van der Waals surface area (Å²) < 4.78 is 5.44. The highest BCUT2D eigenvalue weighted by molar-refractivity contribution is 5.78. The Hall–Kier alpha value is -1.43. The van der Waals surface area contributed by atoms with Gasteiger partial charge in [0.1, 0.15) is 0 Å². The molecule has 0 aromatic heterocycles. The fourth-order valence-electron chi connectivity index (χ4n) is 3.70. The molecule has 5 heteroatoms. The number of carbonyl (C=O) groups is 1. The summed E-state index contributed by atoms with van der Waals surface area (Å²) in [4.78, 5) is 17.1. The number of nitrogens with one attached hydrogen (secondary N) is 1. The summed E-state index contributed by atoms with van der Waals surface area (Å²) >= 11 is 0. The highest BCUT2D eigenvalue weighted by Crippen LogP contribution is 2.17. The first-order chi connectivity index (χ1) is 11.7. The van der Waals surface area contributed by atoms with E-state index in [0.29, 0.717) is 19.1 Å². The number of likely N-dealkylation sites (tertiary alicyclic amines) is 1. The Morgan fingerprint density at radius 1 is 1.29 bits per heavy atom. The molecule has 0 spiro atoms. The first-order valence-corrected chi connectivity index (χ1v) is 9.07. The average Bonchev–Trinajstić information content (AvgIpc) is 2.61. The molecule has 2 aliphatic rings. The van der Waals surface area contributed by atoms with Gasteiger partial charge in [0.15, 0.2) is 0 Å². The topological polar surface area (TPSA) is 44.8 Å². The standard InChI is InChI=1S/C19H29N3O2/c1-16-4-2-5-17(12-16)13-20-19(23)15-21-7-3-6-18(14-21)22-8-10-24-11-9-22/h2,4-5,12,18H,3,6-11,13-15H2,1H3,(H,20,23)/t18-/m1/s1. The van der Waals surface area contributed by atoms with Crippen LogP contribution in [-0.4, -0.2) is 67.7 Å². The van der Waals surface area contributed by atoms with E-state index in [4.69, 9.17) is 4.74 Å². The summed E-state index contributed by atoms with van der Waals surface area (Å²) in [7, 11) is 0. The van der Waals surface area contributed by atoms with E-state index in [9.17, 15) is 4.79 Å². The maximum Gasteiger partial charge on any atom is 0.234 e. The highest BCUT2D eigenvalue weighted by Gasteiger charge is 2.27. The summed E-state index contributed by atoms with van der Waals surface area (Å²) in [6.07, 6.45) is 2.41. The predicted octanol–water partition coefficient (Wildman–Crippen LogP) is 1.41. The molecular formula is C19H29N3O2. The van der Waals surface area contributed by atoms with Crippen molar-refractivity contribution in [2.45, 2.75) is 32.4 Å². The number of aryl methyl sites for hydroxylation is 1. The molecule has 2 heterocycles. The van der Waals surface area contributed by atoms with Gasteiger partial charge in [0, 0.05) is 32.2 Å². The third-order valence-corrected chi connectivity index (χ3v) is 4.98.